The van der Waals surface area contributed by atoms with Crippen LogP contribution in [0.2, 0.25) is 0 Å². The van der Waals surface area contributed by atoms with Crippen LogP contribution in [0.5, 0.6) is 0 Å². The van der Waals surface area contributed by atoms with Gasteiger partial charge in [0.2, 0.25) is 10.0 Å². The number of nitrogens with one attached hydrogen (secondary N) is 1. The average molecular weight is 495 g/mol. The van der Waals surface area contributed by atoms with Gasteiger partial charge in [-0.15, -0.1) is 11.3 Å². The molecule has 2 aromatic rings. The molecule has 27 heavy (non-hydrogen) atoms. The van der Waals surface area contributed by atoms with E-state index in [0.29, 0.717) is 31.2 Å². The highest BCUT2D eigenvalue weighted by Gasteiger charge is 2.28. The van der Waals surface area contributed by atoms with Gasteiger partial charge < -0.3 is 4.74 Å². The number of morpholine rings is 1. The molecule has 0 bridgehead atoms. The molecule has 3 rings (SSSR count). The quantitative estimate of drug-likeness (QED) is 0.664. The molecule has 148 valence electrons. The molecule has 0 radical (unpaired) electrons. The summed E-state index contributed by atoms with van der Waals surface area (Å²) in [6, 6.07) is 7.93. The molecule has 0 atom stereocenters. The van der Waals surface area contributed by atoms with Crippen LogP contribution in [0.4, 0.5) is 0 Å². The summed E-state index contributed by atoms with van der Waals surface area (Å²) in [6.45, 7) is 3.25. The fourth-order valence-corrected chi connectivity index (χ4v) is 6.83. The number of hydrogen-bond donors (Lipinski definition) is 1. The molecule has 1 aliphatic rings. The third kappa shape index (κ3) is 4.78. The first-order chi connectivity index (χ1) is 12.7. The minimum atomic E-state index is -3.68. The van der Waals surface area contributed by atoms with Crippen LogP contribution in [0.15, 0.2) is 43.9 Å². The molecule has 0 spiro atoms. The number of aryl methyl sites for hydroxylation is 1. The Labute approximate surface area is 171 Å². The molecular formula is C16H19BrN2O5S3. The minimum absolute atomic E-state index is 0.0285. The third-order valence-electron chi connectivity index (χ3n) is 4.08. The van der Waals surface area contributed by atoms with Gasteiger partial charge in [0.05, 0.1) is 18.1 Å². The largest absolute Gasteiger partial charge is 0.379 e. The van der Waals surface area contributed by atoms with Crippen LogP contribution in [0.25, 0.3) is 0 Å². The Morgan fingerprint density at radius 1 is 1.15 bits per heavy atom. The van der Waals surface area contributed by atoms with E-state index in [-0.39, 0.29) is 15.6 Å². The molecule has 7 nitrogen and oxygen atoms in total. The van der Waals surface area contributed by atoms with E-state index < -0.39 is 20.0 Å². The monoisotopic (exact) mass is 494 g/mol. The second-order valence-electron chi connectivity index (χ2n) is 5.97. The van der Waals surface area contributed by atoms with Gasteiger partial charge >= 0.3 is 0 Å². The van der Waals surface area contributed by atoms with Crippen molar-refractivity contribution in [2.24, 2.45) is 0 Å². The summed E-state index contributed by atoms with van der Waals surface area (Å²) in [7, 11) is -7.25. The number of hydrogen-bond acceptors (Lipinski definition) is 6. The maximum atomic E-state index is 12.6. The van der Waals surface area contributed by atoms with Crippen molar-refractivity contribution in [3.63, 3.8) is 0 Å². The third-order valence-corrected chi connectivity index (χ3v) is 9.82. The highest BCUT2D eigenvalue weighted by molar-refractivity contribution is 9.10. The SMILES string of the molecule is Cc1cc(S(=O)(=O)NCc2ccc(S(=O)(=O)N3CCOCC3)s2)ccc1Br. The molecule has 1 fully saturated rings. The number of rotatable bonds is 6. The summed E-state index contributed by atoms with van der Waals surface area (Å²) in [4.78, 5) is 0.792. The maximum Gasteiger partial charge on any atom is 0.252 e. The van der Waals surface area contributed by atoms with Gasteiger partial charge in [-0.3, -0.25) is 0 Å². The van der Waals surface area contributed by atoms with Crippen LogP contribution in [-0.2, 0) is 31.3 Å². The lowest BCUT2D eigenvalue weighted by Crippen LogP contribution is -2.40. The molecular weight excluding hydrogens is 476 g/mol. The molecule has 1 aromatic heterocycles. The van der Waals surface area contributed by atoms with Crippen molar-refractivity contribution in [2.45, 2.75) is 22.6 Å². The number of halogens is 1. The highest BCUT2D eigenvalue weighted by Crippen LogP contribution is 2.26. The molecule has 0 saturated carbocycles. The van der Waals surface area contributed by atoms with Gasteiger partial charge in [0.15, 0.2) is 0 Å². The highest BCUT2D eigenvalue weighted by atomic mass is 79.9. The molecule has 1 aromatic carbocycles. The van der Waals surface area contributed by atoms with Gasteiger partial charge in [0.25, 0.3) is 10.0 Å². The zero-order valence-electron chi connectivity index (χ0n) is 14.5. The summed E-state index contributed by atoms with van der Waals surface area (Å²) >= 11 is 4.41. The second-order valence-corrected chi connectivity index (χ2v) is 11.9. The van der Waals surface area contributed by atoms with Gasteiger partial charge in [0, 0.05) is 29.0 Å². The van der Waals surface area contributed by atoms with Crippen molar-refractivity contribution in [3.05, 3.63) is 45.2 Å². The van der Waals surface area contributed by atoms with Crippen molar-refractivity contribution in [3.8, 4) is 0 Å². The zero-order valence-corrected chi connectivity index (χ0v) is 18.5. The Kier molecular flexibility index (Phi) is 6.41. The molecule has 11 heteroatoms. The van der Waals surface area contributed by atoms with E-state index in [1.54, 1.807) is 18.2 Å². The van der Waals surface area contributed by atoms with E-state index >= 15 is 0 Å². The van der Waals surface area contributed by atoms with Crippen molar-refractivity contribution in [1.29, 1.82) is 0 Å². The second kappa shape index (κ2) is 8.27. The lowest BCUT2D eigenvalue weighted by atomic mass is 10.2. The van der Waals surface area contributed by atoms with E-state index in [0.717, 1.165) is 21.4 Å². The Bertz CT molecular complexity index is 1030. The zero-order chi connectivity index (χ0) is 19.7. The minimum Gasteiger partial charge on any atom is -0.379 e. The number of thiophene rings is 1. The van der Waals surface area contributed by atoms with E-state index in [2.05, 4.69) is 20.7 Å². The summed E-state index contributed by atoms with van der Waals surface area (Å²) in [6.07, 6.45) is 0. The van der Waals surface area contributed by atoms with Crippen LogP contribution < -0.4 is 4.72 Å². The van der Waals surface area contributed by atoms with Crippen molar-refractivity contribution < 1.29 is 21.6 Å². The van der Waals surface area contributed by atoms with Crippen molar-refractivity contribution in [1.82, 2.24) is 9.03 Å². The number of nitrogens with zero attached hydrogens (tertiary/aromatic N) is 1. The Balaban J connectivity index is 1.71. The standard InChI is InChI=1S/C16H19BrN2O5S3/c1-12-10-14(3-4-15(12)17)26(20,21)18-11-13-2-5-16(25-13)27(22,23)19-6-8-24-9-7-19/h2-5,10,18H,6-9,11H2,1H3. The smallest absolute Gasteiger partial charge is 0.252 e. The molecule has 1 saturated heterocycles. The topological polar surface area (TPSA) is 92.8 Å². The number of ether oxygens (including phenoxy) is 1. The number of benzene rings is 1. The van der Waals surface area contributed by atoms with Gasteiger partial charge in [-0.25, -0.2) is 21.6 Å². The average Bonchev–Trinajstić information content (AvgIpc) is 3.13. The first kappa shape index (κ1) is 20.9. The first-order valence-corrected chi connectivity index (χ1v) is 12.7. The molecule has 2 heterocycles. The van der Waals surface area contributed by atoms with E-state index in [4.69, 9.17) is 4.74 Å². The Morgan fingerprint density at radius 3 is 2.52 bits per heavy atom. The summed E-state index contributed by atoms with van der Waals surface area (Å²) in [5.74, 6) is 0. The van der Waals surface area contributed by atoms with Crippen LogP contribution in [0.3, 0.4) is 0 Å². The molecule has 0 unspecified atom stereocenters. The molecule has 0 aliphatic carbocycles. The van der Waals surface area contributed by atoms with E-state index in [1.807, 2.05) is 6.92 Å². The van der Waals surface area contributed by atoms with Crippen LogP contribution >= 0.6 is 27.3 Å². The van der Waals surface area contributed by atoms with Gasteiger partial charge in [0.1, 0.15) is 4.21 Å². The molecule has 1 aliphatic heterocycles. The predicted molar refractivity (Wildman–Crippen MR) is 107 cm³/mol. The normalized spacial score (nSPS) is 16.5. The van der Waals surface area contributed by atoms with Gasteiger partial charge in [-0.05, 0) is 42.8 Å². The fraction of sp³-hybridized carbons (Fsp3) is 0.375. The van der Waals surface area contributed by atoms with Crippen molar-refractivity contribution >= 4 is 47.3 Å². The van der Waals surface area contributed by atoms with Crippen LogP contribution in [-0.4, -0.2) is 47.4 Å². The van der Waals surface area contributed by atoms with E-state index in [1.165, 1.54) is 16.4 Å². The molecule has 1 N–H and O–H groups in total. The van der Waals surface area contributed by atoms with Crippen molar-refractivity contribution in [2.75, 3.05) is 26.3 Å². The van der Waals surface area contributed by atoms with Crippen LogP contribution in [0, 0.1) is 6.92 Å². The summed E-state index contributed by atoms with van der Waals surface area (Å²) in [5.41, 5.74) is 0.813. The van der Waals surface area contributed by atoms with Crippen LogP contribution in [0.1, 0.15) is 10.4 Å². The lowest BCUT2D eigenvalue weighted by Gasteiger charge is -2.25. The first-order valence-electron chi connectivity index (χ1n) is 8.12. The predicted octanol–water partition coefficient (Wildman–Crippen LogP) is 2.32. The summed E-state index contributed by atoms with van der Waals surface area (Å²) in [5, 5.41) is 0. The summed E-state index contributed by atoms with van der Waals surface area (Å²) < 4.78 is 60.3. The van der Waals surface area contributed by atoms with E-state index in [9.17, 15) is 16.8 Å². The maximum absolute atomic E-state index is 12.6. The molecule has 0 amide bonds. The Hall–Kier alpha value is -0.820. The number of sulfonamides is 2. The van der Waals surface area contributed by atoms with Gasteiger partial charge in [-0.1, -0.05) is 15.9 Å². The lowest BCUT2D eigenvalue weighted by molar-refractivity contribution is 0.0731. The fourth-order valence-electron chi connectivity index (χ4n) is 2.54. The van der Waals surface area contributed by atoms with Gasteiger partial charge in [-0.2, -0.15) is 4.31 Å². The Morgan fingerprint density at radius 2 is 1.85 bits per heavy atom.